The van der Waals surface area contributed by atoms with Gasteiger partial charge in [-0.25, -0.2) is 0 Å². The van der Waals surface area contributed by atoms with Crippen molar-refractivity contribution in [2.45, 2.75) is 27.2 Å². The van der Waals surface area contributed by atoms with Gasteiger partial charge in [-0.2, -0.15) is 0 Å². The lowest BCUT2D eigenvalue weighted by atomic mass is 10.2. The Morgan fingerprint density at radius 3 is 2.33 bits per heavy atom. The molecule has 0 aliphatic heterocycles. The van der Waals surface area contributed by atoms with Gasteiger partial charge < -0.3 is 15.0 Å². The second-order valence-corrected chi connectivity index (χ2v) is 5.32. The van der Waals surface area contributed by atoms with Crippen LogP contribution in [0.4, 0.5) is 5.69 Å². The summed E-state index contributed by atoms with van der Waals surface area (Å²) in [6.45, 7) is 6.60. The van der Waals surface area contributed by atoms with Gasteiger partial charge in [-0.1, -0.05) is 13.8 Å². The molecule has 0 aromatic heterocycles. The smallest absolute Gasteiger partial charge is 0.223 e. The van der Waals surface area contributed by atoms with Gasteiger partial charge in [-0.05, 0) is 30.2 Å². The van der Waals surface area contributed by atoms with Crippen molar-refractivity contribution in [1.82, 2.24) is 5.32 Å². The van der Waals surface area contributed by atoms with E-state index in [1.807, 2.05) is 26.0 Å². The first-order valence-corrected chi connectivity index (χ1v) is 7.13. The van der Waals surface area contributed by atoms with Crippen LogP contribution >= 0.6 is 0 Å². The molecule has 1 rings (SSSR count). The predicted octanol–water partition coefficient (Wildman–Crippen LogP) is 2.21. The lowest BCUT2D eigenvalue weighted by Gasteiger charge is -2.21. The molecule has 0 heterocycles. The van der Waals surface area contributed by atoms with Crippen LogP contribution in [-0.4, -0.2) is 32.0 Å². The van der Waals surface area contributed by atoms with E-state index in [9.17, 15) is 9.59 Å². The summed E-state index contributed by atoms with van der Waals surface area (Å²) in [4.78, 5) is 25.1. The van der Waals surface area contributed by atoms with Crippen molar-refractivity contribution in [3.63, 3.8) is 0 Å². The summed E-state index contributed by atoms with van der Waals surface area (Å²) in [6, 6.07) is 7.22. The fourth-order valence-corrected chi connectivity index (χ4v) is 1.85. The van der Waals surface area contributed by atoms with Crippen molar-refractivity contribution < 1.29 is 14.3 Å². The highest BCUT2D eigenvalue weighted by molar-refractivity contribution is 5.92. The summed E-state index contributed by atoms with van der Waals surface area (Å²) in [5.74, 6) is 1.02. The van der Waals surface area contributed by atoms with Gasteiger partial charge in [0.2, 0.25) is 11.8 Å². The molecule has 2 amide bonds. The third-order valence-electron chi connectivity index (χ3n) is 3.03. The summed E-state index contributed by atoms with van der Waals surface area (Å²) < 4.78 is 5.09. The van der Waals surface area contributed by atoms with Crippen molar-refractivity contribution >= 4 is 17.5 Å². The molecule has 0 spiro atoms. The number of carbonyl (C=O) groups is 2. The maximum Gasteiger partial charge on any atom is 0.223 e. The highest BCUT2D eigenvalue weighted by Gasteiger charge is 2.13. The lowest BCUT2D eigenvalue weighted by molar-refractivity contribution is -0.121. The van der Waals surface area contributed by atoms with Crippen molar-refractivity contribution in [3.05, 3.63) is 24.3 Å². The Morgan fingerprint density at radius 1 is 1.24 bits per heavy atom. The quantitative estimate of drug-likeness (QED) is 0.838. The lowest BCUT2D eigenvalue weighted by Crippen LogP contribution is -2.34. The second-order valence-electron chi connectivity index (χ2n) is 5.32. The highest BCUT2D eigenvalue weighted by atomic mass is 16.5. The Labute approximate surface area is 126 Å². The average molecular weight is 292 g/mol. The van der Waals surface area contributed by atoms with Crippen LogP contribution < -0.4 is 15.0 Å². The molecule has 0 saturated carbocycles. The van der Waals surface area contributed by atoms with Gasteiger partial charge in [-0.3, -0.25) is 9.59 Å². The Bertz CT molecular complexity index is 469. The molecule has 0 radical (unpaired) electrons. The Morgan fingerprint density at radius 2 is 1.86 bits per heavy atom. The van der Waals surface area contributed by atoms with Crippen LogP contribution in [0.15, 0.2) is 24.3 Å². The summed E-state index contributed by atoms with van der Waals surface area (Å²) in [5, 5.41) is 2.85. The zero-order chi connectivity index (χ0) is 15.8. The molecule has 116 valence electrons. The van der Waals surface area contributed by atoms with Crippen LogP contribution in [0.2, 0.25) is 0 Å². The van der Waals surface area contributed by atoms with Crippen LogP contribution in [-0.2, 0) is 9.59 Å². The molecule has 0 atom stereocenters. The summed E-state index contributed by atoms with van der Waals surface area (Å²) in [7, 11) is 1.59. The molecule has 1 N–H and O–H groups in total. The van der Waals surface area contributed by atoms with Crippen molar-refractivity contribution in [1.29, 1.82) is 0 Å². The van der Waals surface area contributed by atoms with Crippen molar-refractivity contribution in [3.8, 4) is 5.75 Å². The topological polar surface area (TPSA) is 58.6 Å². The molecule has 0 unspecified atom stereocenters. The minimum absolute atomic E-state index is 0.0385. The van der Waals surface area contributed by atoms with Crippen LogP contribution in [0.3, 0.4) is 0 Å². The van der Waals surface area contributed by atoms with E-state index in [1.165, 1.54) is 6.92 Å². The summed E-state index contributed by atoms with van der Waals surface area (Å²) in [6.07, 6.45) is 0.290. The van der Waals surface area contributed by atoms with Gasteiger partial charge in [-0.15, -0.1) is 0 Å². The van der Waals surface area contributed by atoms with Crippen LogP contribution in [0, 0.1) is 5.92 Å². The second kappa shape index (κ2) is 8.29. The number of hydrogen-bond acceptors (Lipinski definition) is 3. The van der Waals surface area contributed by atoms with E-state index in [4.69, 9.17) is 4.74 Å². The molecule has 1 aromatic carbocycles. The molecule has 0 aliphatic rings. The fourth-order valence-electron chi connectivity index (χ4n) is 1.85. The zero-order valence-corrected chi connectivity index (χ0v) is 13.2. The molecular weight excluding hydrogens is 268 g/mol. The molecule has 1 aromatic rings. The molecule has 0 saturated heterocycles. The minimum atomic E-state index is -0.0863. The highest BCUT2D eigenvalue weighted by Crippen LogP contribution is 2.19. The maximum atomic E-state index is 11.7. The zero-order valence-electron chi connectivity index (χ0n) is 13.2. The van der Waals surface area contributed by atoms with E-state index >= 15 is 0 Å². The molecule has 0 bridgehead atoms. The number of nitrogens with zero attached hydrogens (tertiary/aromatic N) is 1. The van der Waals surface area contributed by atoms with Crippen LogP contribution in [0.1, 0.15) is 27.2 Å². The first-order valence-electron chi connectivity index (χ1n) is 7.13. The van der Waals surface area contributed by atoms with Crippen molar-refractivity contribution in [2.24, 2.45) is 5.92 Å². The van der Waals surface area contributed by atoms with Crippen LogP contribution in [0.25, 0.3) is 0 Å². The first-order chi connectivity index (χ1) is 9.93. The van der Waals surface area contributed by atoms with E-state index in [1.54, 1.807) is 24.1 Å². The molecule has 5 nitrogen and oxygen atoms in total. The van der Waals surface area contributed by atoms with E-state index in [-0.39, 0.29) is 11.8 Å². The molecule has 0 fully saturated rings. The number of hydrogen-bond donors (Lipinski definition) is 1. The van der Waals surface area contributed by atoms with Gasteiger partial charge >= 0.3 is 0 Å². The summed E-state index contributed by atoms with van der Waals surface area (Å²) in [5.41, 5.74) is 0.764. The van der Waals surface area contributed by atoms with Crippen molar-refractivity contribution in [2.75, 3.05) is 25.1 Å². The van der Waals surface area contributed by atoms with E-state index in [0.717, 1.165) is 11.4 Å². The molecular formula is C16H24N2O3. The SMILES string of the molecule is COc1ccc(N(CCC(=O)NCC(C)C)C(C)=O)cc1. The molecule has 5 heteroatoms. The monoisotopic (exact) mass is 292 g/mol. The number of amides is 2. The fraction of sp³-hybridized carbons (Fsp3) is 0.500. The number of benzene rings is 1. The Balaban J connectivity index is 2.61. The molecule has 0 aliphatic carbocycles. The predicted molar refractivity (Wildman–Crippen MR) is 83.5 cm³/mol. The Kier molecular flexibility index (Phi) is 6.72. The number of ether oxygens (including phenoxy) is 1. The summed E-state index contributed by atoms with van der Waals surface area (Å²) >= 11 is 0. The molecule has 21 heavy (non-hydrogen) atoms. The van der Waals surface area contributed by atoms with E-state index in [0.29, 0.717) is 25.4 Å². The van der Waals surface area contributed by atoms with E-state index < -0.39 is 0 Å². The average Bonchev–Trinajstić information content (AvgIpc) is 2.45. The third-order valence-corrected chi connectivity index (χ3v) is 3.03. The largest absolute Gasteiger partial charge is 0.497 e. The van der Waals surface area contributed by atoms with Gasteiger partial charge in [0.25, 0.3) is 0 Å². The van der Waals surface area contributed by atoms with Gasteiger partial charge in [0, 0.05) is 32.1 Å². The van der Waals surface area contributed by atoms with Gasteiger partial charge in [0.05, 0.1) is 7.11 Å². The number of nitrogens with one attached hydrogen (secondary N) is 1. The third kappa shape index (κ3) is 5.85. The number of anilines is 1. The number of carbonyl (C=O) groups excluding carboxylic acids is 2. The van der Waals surface area contributed by atoms with Gasteiger partial charge in [0.1, 0.15) is 5.75 Å². The minimum Gasteiger partial charge on any atom is -0.497 e. The number of methoxy groups -OCH3 is 1. The van der Waals surface area contributed by atoms with Gasteiger partial charge in [0.15, 0.2) is 0 Å². The first kappa shape index (κ1) is 17.0. The maximum absolute atomic E-state index is 11.7. The van der Waals surface area contributed by atoms with Crippen LogP contribution in [0.5, 0.6) is 5.75 Å². The number of rotatable bonds is 7. The van der Waals surface area contributed by atoms with E-state index in [2.05, 4.69) is 5.32 Å². The Hall–Kier alpha value is -2.04. The normalized spacial score (nSPS) is 10.3. The standard InChI is InChI=1S/C16H24N2O3/c1-12(2)11-17-16(20)9-10-18(13(3)19)14-5-7-15(21-4)8-6-14/h5-8,12H,9-11H2,1-4H3,(H,17,20).